The summed E-state index contributed by atoms with van der Waals surface area (Å²) in [4.78, 5) is 11.3. The third-order valence-electron chi connectivity index (χ3n) is 2.62. The van der Waals surface area contributed by atoms with E-state index >= 15 is 0 Å². The molecule has 106 valence electrons. The Morgan fingerprint density at radius 2 is 1.95 bits per heavy atom. The number of ether oxygens (including phenoxy) is 2. The minimum Gasteiger partial charge on any atom is -0.483 e. The zero-order chi connectivity index (χ0) is 14.7. The molecule has 0 N–H and O–H groups in total. The molecule has 1 heterocycles. The third kappa shape index (κ3) is 3.26. The van der Waals surface area contributed by atoms with Gasteiger partial charge < -0.3 is 13.9 Å². The summed E-state index contributed by atoms with van der Waals surface area (Å²) in [7, 11) is 1.29. The van der Waals surface area contributed by atoms with Gasteiger partial charge in [-0.2, -0.15) is 0 Å². The van der Waals surface area contributed by atoms with Crippen molar-refractivity contribution < 1.29 is 18.7 Å². The quantitative estimate of drug-likeness (QED) is 0.779. The van der Waals surface area contributed by atoms with Crippen LogP contribution >= 0.6 is 23.2 Å². The van der Waals surface area contributed by atoms with Gasteiger partial charge in [-0.15, -0.1) is 0 Å². The van der Waals surface area contributed by atoms with Crippen LogP contribution < -0.4 is 4.74 Å². The summed E-state index contributed by atoms with van der Waals surface area (Å²) in [5.41, 5.74) is 0. The second-order valence-electron chi connectivity index (χ2n) is 4.03. The molecular formula is C14H12Cl2O4. The number of halogens is 2. The van der Waals surface area contributed by atoms with Crippen molar-refractivity contribution in [2.45, 2.75) is 13.0 Å². The van der Waals surface area contributed by atoms with Crippen LogP contribution in [-0.4, -0.2) is 13.1 Å². The fourth-order valence-electron chi connectivity index (χ4n) is 1.59. The molecular weight excluding hydrogens is 303 g/mol. The molecule has 1 aromatic carbocycles. The highest BCUT2D eigenvalue weighted by molar-refractivity contribution is 6.42. The van der Waals surface area contributed by atoms with Gasteiger partial charge in [-0.05, 0) is 31.2 Å². The minimum absolute atomic E-state index is 0.132. The van der Waals surface area contributed by atoms with Crippen LogP contribution in [0.25, 0.3) is 0 Å². The first kappa shape index (κ1) is 14.8. The Hall–Kier alpha value is -1.65. The molecule has 0 saturated heterocycles. The summed E-state index contributed by atoms with van der Waals surface area (Å²) in [5.74, 6) is 0.671. The van der Waals surface area contributed by atoms with Gasteiger partial charge >= 0.3 is 5.97 Å². The van der Waals surface area contributed by atoms with Gasteiger partial charge in [0.2, 0.25) is 5.76 Å². The van der Waals surface area contributed by atoms with Crippen LogP contribution in [0.3, 0.4) is 0 Å². The van der Waals surface area contributed by atoms with Crippen molar-refractivity contribution in [2.24, 2.45) is 0 Å². The molecule has 0 bridgehead atoms. The lowest BCUT2D eigenvalue weighted by Gasteiger charge is -2.12. The predicted octanol–water partition coefficient (Wildman–Crippen LogP) is 4.51. The molecule has 0 saturated carbocycles. The van der Waals surface area contributed by atoms with Crippen LogP contribution in [0.5, 0.6) is 5.75 Å². The van der Waals surface area contributed by atoms with Crippen molar-refractivity contribution in [2.75, 3.05) is 7.11 Å². The van der Waals surface area contributed by atoms with Crippen molar-refractivity contribution >= 4 is 29.2 Å². The number of hydrogen-bond acceptors (Lipinski definition) is 4. The van der Waals surface area contributed by atoms with Crippen LogP contribution in [-0.2, 0) is 4.74 Å². The Kier molecular flexibility index (Phi) is 4.57. The summed E-state index contributed by atoms with van der Waals surface area (Å²) in [6.07, 6.45) is -0.384. The molecule has 1 aromatic heterocycles. The fourth-order valence-corrected chi connectivity index (χ4v) is 1.88. The van der Waals surface area contributed by atoms with E-state index in [1.165, 1.54) is 13.2 Å². The fraction of sp³-hybridized carbons (Fsp3) is 0.214. The first-order chi connectivity index (χ1) is 9.51. The monoisotopic (exact) mass is 314 g/mol. The summed E-state index contributed by atoms with van der Waals surface area (Å²) < 4.78 is 15.6. The Bertz CT molecular complexity index is 621. The van der Waals surface area contributed by atoms with E-state index in [1.807, 2.05) is 0 Å². The maximum absolute atomic E-state index is 11.3. The molecule has 2 aromatic rings. The van der Waals surface area contributed by atoms with Crippen molar-refractivity contribution in [3.63, 3.8) is 0 Å². The highest BCUT2D eigenvalue weighted by atomic mass is 35.5. The van der Waals surface area contributed by atoms with E-state index in [0.717, 1.165) is 0 Å². The average Bonchev–Trinajstić information content (AvgIpc) is 2.92. The van der Waals surface area contributed by atoms with Crippen molar-refractivity contribution in [3.8, 4) is 5.75 Å². The molecule has 0 amide bonds. The molecule has 6 heteroatoms. The van der Waals surface area contributed by atoms with Gasteiger partial charge in [-0.25, -0.2) is 4.79 Å². The number of rotatable bonds is 4. The van der Waals surface area contributed by atoms with Gasteiger partial charge in [0, 0.05) is 6.07 Å². The molecule has 0 aliphatic heterocycles. The van der Waals surface area contributed by atoms with Crippen molar-refractivity contribution in [3.05, 3.63) is 51.9 Å². The van der Waals surface area contributed by atoms with Gasteiger partial charge in [-0.1, -0.05) is 23.2 Å². The van der Waals surface area contributed by atoms with Crippen LogP contribution in [0.4, 0.5) is 0 Å². The Morgan fingerprint density at radius 3 is 2.60 bits per heavy atom. The number of esters is 1. The second-order valence-corrected chi connectivity index (χ2v) is 4.84. The molecule has 4 nitrogen and oxygen atoms in total. The average molecular weight is 315 g/mol. The van der Waals surface area contributed by atoms with Crippen LogP contribution in [0.15, 0.2) is 34.7 Å². The summed E-state index contributed by atoms with van der Waals surface area (Å²) >= 11 is 11.7. The lowest BCUT2D eigenvalue weighted by Crippen LogP contribution is -2.02. The number of carbonyl (C=O) groups excluding carboxylic acids is 1. The number of hydrogen-bond donors (Lipinski definition) is 0. The molecule has 0 aliphatic carbocycles. The van der Waals surface area contributed by atoms with Gasteiger partial charge in [0.05, 0.1) is 17.2 Å². The number of methoxy groups -OCH3 is 1. The minimum atomic E-state index is -0.530. The van der Waals surface area contributed by atoms with E-state index in [1.54, 1.807) is 31.2 Å². The zero-order valence-electron chi connectivity index (χ0n) is 10.9. The Balaban J connectivity index is 2.11. The Morgan fingerprint density at radius 1 is 1.20 bits per heavy atom. The number of carbonyl (C=O) groups is 1. The summed E-state index contributed by atoms with van der Waals surface area (Å²) in [6, 6.07) is 8.16. The van der Waals surface area contributed by atoms with Gasteiger partial charge in [0.15, 0.2) is 6.10 Å². The van der Waals surface area contributed by atoms with Crippen molar-refractivity contribution in [1.82, 2.24) is 0 Å². The van der Waals surface area contributed by atoms with E-state index in [2.05, 4.69) is 4.74 Å². The second kappa shape index (κ2) is 6.20. The number of furan rings is 1. The van der Waals surface area contributed by atoms with E-state index in [9.17, 15) is 4.79 Å². The molecule has 0 aliphatic rings. The first-order valence-corrected chi connectivity index (χ1v) is 6.56. The highest BCUT2D eigenvalue weighted by Crippen LogP contribution is 2.29. The predicted molar refractivity (Wildman–Crippen MR) is 75.6 cm³/mol. The van der Waals surface area contributed by atoms with E-state index in [0.29, 0.717) is 21.6 Å². The van der Waals surface area contributed by atoms with Crippen LogP contribution in [0, 0.1) is 0 Å². The normalized spacial score (nSPS) is 12.0. The van der Waals surface area contributed by atoms with E-state index in [4.69, 9.17) is 32.4 Å². The molecule has 0 radical (unpaired) electrons. The van der Waals surface area contributed by atoms with E-state index < -0.39 is 5.97 Å². The SMILES string of the molecule is COC(=O)c1ccc(C(C)Oc2ccc(Cl)c(Cl)c2)o1. The summed E-state index contributed by atoms with van der Waals surface area (Å²) in [6.45, 7) is 1.79. The Labute approximate surface area is 126 Å². The molecule has 0 fully saturated rings. The van der Waals surface area contributed by atoms with Crippen LogP contribution in [0.1, 0.15) is 29.3 Å². The lowest BCUT2D eigenvalue weighted by atomic mass is 10.3. The molecule has 2 rings (SSSR count). The van der Waals surface area contributed by atoms with Gasteiger partial charge in [0.25, 0.3) is 0 Å². The third-order valence-corrected chi connectivity index (χ3v) is 3.36. The van der Waals surface area contributed by atoms with Gasteiger partial charge in [-0.3, -0.25) is 0 Å². The molecule has 20 heavy (non-hydrogen) atoms. The maximum atomic E-state index is 11.3. The molecule has 1 unspecified atom stereocenters. The highest BCUT2D eigenvalue weighted by Gasteiger charge is 2.16. The van der Waals surface area contributed by atoms with E-state index in [-0.39, 0.29) is 11.9 Å². The number of benzene rings is 1. The van der Waals surface area contributed by atoms with Crippen LogP contribution in [0.2, 0.25) is 10.0 Å². The topological polar surface area (TPSA) is 48.7 Å². The largest absolute Gasteiger partial charge is 0.483 e. The first-order valence-electron chi connectivity index (χ1n) is 5.81. The maximum Gasteiger partial charge on any atom is 0.373 e. The smallest absolute Gasteiger partial charge is 0.373 e. The zero-order valence-corrected chi connectivity index (χ0v) is 12.4. The molecule has 1 atom stereocenters. The standard InChI is InChI=1S/C14H12Cl2O4/c1-8(12-5-6-13(20-12)14(17)18-2)19-9-3-4-10(15)11(16)7-9/h3-8H,1-2H3. The van der Waals surface area contributed by atoms with Gasteiger partial charge in [0.1, 0.15) is 11.5 Å². The lowest BCUT2D eigenvalue weighted by molar-refractivity contribution is 0.0558. The van der Waals surface area contributed by atoms with Crippen molar-refractivity contribution in [1.29, 1.82) is 0 Å². The summed E-state index contributed by atoms with van der Waals surface area (Å²) in [5, 5.41) is 0.865. The molecule has 0 spiro atoms.